The average Bonchev–Trinajstić information content (AvgIpc) is 3.13. The SMILES string of the molecule is CC(OC(=O)c1ccc2c(c1)OCC(=O)N2)C(=O)NC(=O)NC1CCCC1. The Kier molecular flexibility index (Phi) is 5.58. The molecule has 3 N–H and O–H groups in total. The second-order valence-electron chi connectivity index (χ2n) is 6.54. The van der Waals surface area contributed by atoms with Crippen LogP contribution in [0.4, 0.5) is 10.5 Å². The summed E-state index contributed by atoms with van der Waals surface area (Å²) in [6, 6.07) is 3.88. The number of hydrogen-bond acceptors (Lipinski definition) is 6. The van der Waals surface area contributed by atoms with E-state index in [1.165, 1.54) is 25.1 Å². The van der Waals surface area contributed by atoms with Crippen LogP contribution in [0.3, 0.4) is 0 Å². The molecule has 0 spiro atoms. The Hall–Kier alpha value is -3.10. The van der Waals surface area contributed by atoms with E-state index in [1.807, 2.05) is 0 Å². The number of hydrogen-bond donors (Lipinski definition) is 3. The Morgan fingerprint density at radius 2 is 2.00 bits per heavy atom. The highest BCUT2D eigenvalue weighted by Gasteiger charge is 2.24. The highest BCUT2D eigenvalue weighted by molar-refractivity contribution is 6.00. The number of benzene rings is 1. The maximum Gasteiger partial charge on any atom is 0.339 e. The molecule has 144 valence electrons. The van der Waals surface area contributed by atoms with Crippen molar-refractivity contribution in [2.75, 3.05) is 11.9 Å². The zero-order chi connectivity index (χ0) is 19.4. The molecule has 2 aliphatic rings. The Balaban J connectivity index is 1.53. The highest BCUT2D eigenvalue weighted by atomic mass is 16.5. The number of fused-ring (bicyclic) bond motifs is 1. The first-order valence-electron chi connectivity index (χ1n) is 8.81. The van der Waals surface area contributed by atoms with Crippen LogP contribution in [-0.2, 0) is 14.3 Å². The number of imide groups is 1. The topological polar surface area (TPSA) is 123 Å². The van der Waals surface area contributed by atoms with Crippen molar-refractivity contribution in [3.05, 3.63) is 23.8 Å². The van der Waals surface area contributed by atoms with E-state index in [0.29, 0.717) is 11.4 Å². The quantitative estimate of drug-likeness (QED) is 0.683. The molecule has 1 aliphatic heterocycles. The third-order valence-corrected chi connectivity index (χ3v) is 4.43. The lowest BCUT2D eigenvalue weighted by molar-refractivity contribution is -0.128. The molecule has 9 nitrogen and oxygen atoms in total. The summed E-state index contributed by atoms with van der Waals surface area (Å²) in [6.07, 6.45) is 2.76. The first kappa shape index (κ1) is 18.7. The summed E-state index contributed by atoms with van der Waals surface area (Å²) >= 11 is 0. The molecule has 4 amide bonds. The molecule has 9 heteroatoms. The normalized spacial score (nSPS) is 17.1. The van der Waals surface area contributed by atoms with Crippen molar-refractivity contribution in [1.82, 2.24) is 10.6 Å². The molecule has 1 saturated carbocycles. The Labute approximate surface area is 155 Å². The van der Waals surface area contributed by atoms with Crippen molar-refractivity contribution in [2.45, 2.75) is 44.8 Å². The van der Waals surface area contributed by atoms with Crippen molar-refractivity contribution < 1.29 is 28.7 Å². The van der Waals surface area contributed by atoms with Gasteiger partial charge in [0, 0.05) is 6.04 Å². The van der Waals surface area contributed by atoms with Crippen molar-refractivity contribution in [3.8, 4) is 5.75 Å². The van der Waals surface area contributed by atoms with E-state index in [4.69, 9.17) is 9.47 Å². The van der Waals surface area contributed by atoms with Gasteiger partial charge in [0.1, 0.15) is 5.75 Å². The largest absolute Gasteiger partial charge is 0.482 e. The number of anilines is 1. The molecule has 3 rings (SSSR count). The van der Waals surface area contributed by atoms with E-state index in [0.717, 1.165) is 25.7 Å². The summed E-state index contributed by atoms with van der Waals surface area (Å²) in [4.78, 5) is 47.3. The minimum absolute atomic E-state index is 0.0756. The fourth-order valence-corrected chi connectivity index (χ4v) is 2.99. The van der Waals surface area contributed by atoms with Gasteiger partial charge in [0.05, 0.1) is 11.3 Å². The highest BCUT2D eigenvalue weighted by Crippen LogP contribution is 2.28. The summed E-state index contributed by atoms with van der Waals surface area (Å²) in [7, 11) is 0. The molecule has 1 fully saturated rings. The number of rotatable bonds is 4. The molecular formula is C18H21N3O6. The van der Waals surface area contributed by atoms with Gasteiger partial charge in [-0.1, -0.05) is 12.8 Å². The Morgan fingerprint density at radius 3 is 2.74 bits per heavy atom. The summed E-state index contributed by atoms with van der Waals surface area (Å²) < 4.78 is 10.4. The van der Waals surface area contributed by atoms with Crippen molar-refractivity contribution in [2.24, 2.45) is 0 Å². The molecule has 0 bridgehead atoms. The van der Waals surface area contributed by atoms with Crippen LogP contribution in [0, 0.1) is 0 Å². The third kappa shape index (κ3) is 4.75. The van der Waals surface area contributed by atoms with Gasteiger partial charge in [-0.05, 0) is 38.0 Å². The molecule has 0 aromatic heterocycles. The first-order valence-corrected chi connectivity index (χ1v) is 8.81. The van der Waals surface area contributed by atoms with Gasteiger partial charge in [-0.2, -0.15) is 0 Å². The maximum atomic E-state index is 12.2. The Bertz CT molecular complexity index is 772. The van der Waals surface area contributed by atoms with Gasteiger partial charge in [0.2, 0.25) is 0 Å². The monoisotopic (exact) mass is 375 g/mol. The molecule has 0 saturated heterocycles. The predicted octanol–water partition coefficient (Wildman–Crippen LogP) is 1.33. The van der Waals surface area contributed by atoms with Crippen LogP contribution in [0.25, 0.3) is 0 Å². The third-order valence-electron chi connectivity index (χ3n) is 4.43. The summed E-state index contributed by atoms with van der Waals surface area (Å²) in [5.74, 6) is -1.38. The second-order valence-corrected chi connectivity index (χ2v) is 6.54. The van der Waals surface area contributed by atoms with E-state index in [1.54, 1.807) is 0 Å². The molecule has 0 radical (unpaired) electrons. The lowest BCUT2D eigenvalue weighted by Gasteiger charge is -2.19. The molecule has 1 aliphatic carbocycles. The predicted molar refractivity (Wildman–Crippen MR) is 94.4 cm³/mol. The molecule has 1 unspecified atom stereocenters. The number of carbonyl (C=O) groups is 4. The first-order chi connectivity index (χ1) is 12.9. The van der Waals surface area contributed by atoms with E-state index in [-0.39, 0.29) is 24.1 Å². The zero-order valence-corrected chi connectivity index (χ0v) is 14.9. The average molecular weight is 375 g/mol. The Morgan fingerprint density at radius 1 is 1.26 bits per heavy atom. The fourth-order valence-electron chi connectivity index (χ4n) is 2.99. The fraction of sp³-hybridized carbons (Fsp3) is 0.444. The summed E-state index contributed by atoms with van der Waals surface area (Å²) in [6.45, 7) is 1.24. The van der Waals surface area contributed by atoms with Crippen LogP contribution in [-0.4, -0.2) is 42.6 Å². The van der Waals surface area contributed by atoms with Gasteiger partial charge >= 0.3 is 12.0 Å². The number of urea groups is 1. The van der Waals surface area contributed by atoms with Crippen LogP contribution in [0.2, 0.25) is 0 Å². The van der Waals surface area contributed by atoms with Gasteiger partial charge in [-0.25, -0.2) is 9.59 Å². The van der Waals surface area contributed by atoms with Crippen molar-refractivity contribution in [1.29, 1.82) is 0 Å². The van der Waals surface area contributed by atoms with Crippen LogP contribution >= 0.6 is 0 Å². The van der Waals surface area contributed by atoms with Crippen LogP contribution in [0.1, 0.15) is 43.0 Å². The van der Waals surface area contributed by atoms with E-state index < -0.39 is 24.0 Å². The minimum atomic E-state index is -1.15. The maximum absolute atomic E-state index is 12.2. The second kappa shape index (κ2) is 8.07. The van der Waals surface area contributed by atoms with Crippen molar-refractivity contribution >= 4 is 29.5 Å². The smallest absolute Gasteiger partial charge is 0.339 e. The molecule has 1 heterocycles. The number of carbonyl (C=O) groups excluding carboxylic acids is 4. The number of esters is 1. The number of ether oxygens (including phenoxy) is 2. The van der Waals surface area contributed by atoms with Gasteiger partial charge in [-0.15, -0.1) is 0 Å². The molecule has 1 atom stereocenters. The molecule has 1 aromatic rings. The number of nitrogens with one attached hydrogen (secondary N) is 3. The van der Waals surface area contributed by atoms with Crippen LogP contribution < -0.4 is 20.7 Å². The zero-order valence-electron chi connectivity index (χ0n) is 14.9. The van der Waals surface area contributed by atoms with E-state index in [2.05, 4.69) is 16.0 Å². The minimum Gasteiger partial charge on any atom is -0.482 e. The van der Waals surface area contributed by atoms with Gasteiger partial charge in [0.15, 0.2) is 12.7 Å². The summed E-state index contributed by atoms with van der Waals surface area (Å²) in [5.41, 5.74) is 0.622. The van der Waals surface area contributed by atoms with Crippen LogP contribution in [0.15, 0.2) is 18.2 Å². The molecule has 1 aromatic carbocycles. The van der Waals surface area contributed by atoms with Gasteiger partial charge in [0.25, 0.3) is 11.8 Å². The molecule has 27 heavy (non-hydrogen) atoms. The molecular weight excluding hydrogens is 354 g/mol. The standard InChI is InChI=1S/C18H21N3O6/c1-10(16(23)21-18(25)19-12-4-2-3-5-12)27-17(24)11-6-7-13-14(8-11)26-9-15(22)20-13/h6-8,10,12H,2-5,9H2,1H3,(H,20,22)(H2,19,21,23,25). The van der Waals surface area contributed by atoms with E-state index >= 15 is 0 Å². The van der Waals surface area contributed by atoms with Crippen LogP contribution in [0.5, 0.6) is 5.75 Å². The summed E-state index contributed by atoms with van der Waals surface area (Å²) in [5, 5.41) is 7.52. The lowest BCUT2D eigenvalue weighted by atomic mass is 10.1. The lowest BCUT2D eigenvalue weighted by Crippen LogP contribution is -2.47. The van der Waals surface area contributed by atoms with E-state index in [9.17, 15) is 19.2 Å². The van der Waals surface area contributed by atoms with Gasteiger partial charge < -0.3 is 20.1 Å². The van der Waals surface area contributed by atoms with Gasteiger partial charge in [-0.3, -0.25) is 14.9 Å². The van der Waals surface area contributed by atoms with Crippen molar-refractivity contribution in [3.63, 3.8) is 0 Å². The number of amides is 4.